The Labute approximate surface area is 116 Å². The molecule has 0 aliphatic rings. The van der Waals surface area contributed by atoms with Crippen molar-refractivity contribution in [2.24, 2.45) is 0 Å². The molecule has 0 saturated heterocycles. The van der Waals surface area contributed by atoms with E-state index < -0.39 is 0 Å². The highest BCUT2D eigenvalue weighted by atomic mass is 32.1. The van der Waals surface area contributed by atoms with Crippen molar-refractivity contribution in [2.45, 2.75) is 0 Å². The predicted octanol–water partition coefficient (Wildman–Crippen LogP) is 3.91. The van der Waals surface area contributed by atoms with Gasteiger partial charge in [0.1, 0.15) is 5.82 Å². The van der Waals surface area contributed by atoms with E-state index >= 15 is 0 Å². The number of thiophene rings is 1. The summed E-state index contributed by atoms with van der Waals surface area (Å²) in [5, 5.41) is 7.19. The van der Waals surface area contributed by atoms with Crippen molar-refractivity contribution in [1.82, 2.24) is 9.97 Å². The molecule has 2 heterocycles. The molecule has 3 rings (SSSR count). The van der Waals surface area contributed by atoms with Crippen LogP contribution in [-0.2, 0) is 0 Å². The third-order valence-electron chi connectivity index (χ3n) is 2.83. The molecule has 2 aromatic heterocycles. The summed E-state index contributed by atoms with van der Waals surface area (Å²) in [6.07, 6.45) is 0. The zero-order chi connectivity index (χ0) is 13.1. The van der Waals surface area contributed by atoms with Gasteiger partial charge in [-0.05, 0) is 11.4 Å². The minimum atomic E-state index is 0.756. The average Bonchev–Trinajstić information content (AvgIpc) is 3.02. The second kappa shape index (κ2) is 5.20. The lowest BCUT2D eigenvalue weighted by Gasteiger charge is -2.07. The van der Waals surface area contributed by atoms with Crippen LogP contribution < -0.4 is 5.32 Å². The van der Waals surface area contributed by atoms with Crippen molar-refractivity contribution in [3.05, 3.63) is 53.2 Å². The zero-order valence-corrected chi connectivity index (χ0v) is 11.3. The van der Waals surface area contributed by atoms with E-state index in [0.29, 0.717) is 0 Å². The Kier molecular flexibility index (Phi) is 3.25. The van der Waals surface area contributed by atoms with Gasteiger partial charge >= 0.3 is 0 Å². The highest BCUT2D eigenvalue weighted by Gasteiger charge is 2.08. The van der Waals surface area contributed by atoms with Gasteiger partial charge in [-0.2, -0.15) is 11.3 Å². The number of nitrogens with zero attached hydrogens (tertiary/aromatic N) is 2. The van der Waals surface area contributed by atoms with E-state index in [2.05, 4.69) is 32.8 Å². The quantitative estimate of drug-likeness (QED) is 0.781. The van der Waals surface area contributed by atoms with Gasteiger partial charge in [-0.15, -0.1) is 0 Å². The van der Waals surface area contributed by atoms with Crippen LogP contribution in [0, 0.1) is 0 Å². The SMILES string of the molecule is CNc1cc(-c2ccccc2)nc(-c2ccsc2)n1. The van der Waals surface area contributed by atoms with Gasteiger partial charge in [-0.3, -0.25) is 0 Å². The maximum atomic E-state index is 4.65. The van der Waals surface area contributed by atoms with Crippen molar-refractivity contribution in [1.29, 1.82) is 0 Å². The molecule has 0 fully saturated rings. The Balaban J connectivity index is 2.13. The monoisotopic (exact) mass is 267 g/mol. The van der Waals surface area contributed by atoms with E-state index in [1.54, 1.807) is 11.3 Å². The average molecular weight is 267 g/mol. The van der Waals surface area contributed by atoms with Gasteiger partial charge in [-0.25, -0.2) is 9.97 Å². The number of hydrogen-bond acceptors (Lipinski definition) is 4. The van der Waals surface area contributed by atoms with E-state index in [1.807, 2.05) is 42.8 Å². The molecule has 0 amide bonds. The molecule has 0 aliphatic heterocycles. The van der Waals surface area contributed by atoms with E-state index in [9.17, 15) is 0 Å². The van der Waals surface area contributed by atoms with Gasteiger partial charge in [0, 0.05) is 29.6 Å². The summed E-state index contributed by atoms with van der Waals surface area (Å²) in [7, 11) is 1.87. The van der Waals surface area contributed by atoms with E-state index in [0.717, 1.165) is 28.5 Å². The molecule has 0 unspecified atom stereocenters. The first kappa shape index (κ1) is 11.9. The van der Waals surface area contributed by atoms with Crippen LogP contribution in [0.25, 0.3) is 22.6 Å². The summed E-state index contributed by atoms with van der Waals surface area (Å²) in [5.74, 6) is 1.59. The maximum absolute atomic E-state index is 4.65. The second-order valence-electron chi connectivity index (χ2n) is 4.09. The first-order chi connectivity index (χ1) is 9.36. The van der Waals surface area contributed by atoms with Gasteiger partial charge in [0.2, 0.25) is 0 Å². The molecule has 1 N–H and O–H groups in total. The molecule has 0 atom stereocenters. The summed E-state index contributed by atoms with van der Waals surface area (Å²) < 4.78 is 0. The van der Waals surface area contributed by atoms with Crippen LogP contribution in [0.1, 0.15) is 0 Å². The number of benzene rings is 1. The molecular weight excluding hydrogens is 254 g/mol. The van der Waals surface area contributed by atoms with E-state index in [-0.39, 0.29) is 0 Å². The highest BCUT2D eigenvalue weighted by Crippen LogP contribution is 2.25. The Hall–Kier alpha value is -2.20. The molecule has 4 heteroatoms. The van der Waals surface area contributed by atoms with Crippen LogP contribution in [0.4, 0.5) is 5.82 Å². The number of nitrogens with one attached hydrogen (secondary N) is 1. The van der Waals surface area contributed by atoms with Crippen LogP contribution in [-0.4, -0.2) is 17.0 Å². The first-order valence-electron chi connectivity index (χ1n) is 6.01. The maximum Gasteiger partial charge on any atom is 0.162 e. The summed E-state index contributed by atoms with van der Waals surface area (Å²) in [6.45, 7) is 0. The Morgan fingerprint density at radius 3 is 2.53 bits per heavy atom. The minimum absolute atomic E-state index is 0.756. The van der Waals surface area contributed by atoms with Crippen LogP contribution in [0.2, 0.25) is 0 Å². The lowest BCUT2D eigenvalue weighted by Crippen LogP contribution is -1.98. The fourth-order valence-corrected chi connectivity index (χ4v) is 2.49. The van der Waals surface area contributed by atoms with Crippen LogP contribution in [0.15, 0.2) is 53.2 Å². The fraction of sp³-hybridized carbons (Fsp3) is 0.0667. The predicted molar refractivity (Wildman–Crippen MR) is 80.3 cm³/mol. The van der Waals surface area contributed by atoms with Gasteiger partial charge in [0.05, 0.1) is 5.69 Å². The van der Waals surface area contributed by atoms with Crippen molar-refractivity contribution in [3.8, 4) is 22.6 Å². The van der Waals surface area contributed by atoms with Crippen LogP contribution in [0.3, 0.4) is 0 Å². The molecule has 0 spiro atoms. The molecule has 19 heavy (non-hydrogen) atoms. The van der Waals surface area contributed by atoms with Gasteiger partial charge in [0.15, 0.2) is 5.82 Å². The molecule has 1 aromatic carbocycles. The lowest BCUT2D eigenvalue weighted by molar-refractivity contribution is 1.17. The zero-order valence-electron chi connectivity index (χ0n) is 10.5. The number of rotatable bonds is 3. The normalized spacial score (nSPS) is 10.4. The third kappa shape index (κ3) is 2.48. The van der Waals surface area contributed by atoms with E-state index in [1.165, 1.54) is 0 Å². The van der Waals surface area contributed by atoms with E-state index in [4.69, 9.17) is 0 Å². The van der Waals surface area contributed by atoms with Gasteiger partial charge in [-0.1, -0.05) is 30.3 Å². The summed E-state index contributed by atoms with van der Waals surface area (Å²) in [5.41, 5.74) is 3.08. The fourth-order valence-electron chi connectivity index (χ4n) is 1.85. The molecule has 0 bridgehead atoms. The Morgan fingerprint density at radius 2 is 1.84 bits per heavy atom. The molecule has 94 valence electrons. The van der Waals surface area contributed by atoms with Crippen molar-refractivity contribution < 1.29 is 0 Å². The summed E-state index contributed by atoms with van der Waals surface area (Å²) >= 11 is 1.65. The smallest absolute Gasteiger partial charge is 0.162 e. The molecule has 0 radical (unpaired) electrons. The third-order valence-corrected chi connectivity index (χ3v) is 3.51. The van der Waals surface area contributed by atoms with Crippen LogP contribution in [0.5, 0.6) is 0 Å². The second-order valence-corrected chi connectivity index (χ2v) is 4.87. The molecule has 3 nitrogen and oxygen atoms in total. The topological polar surface area (TPSA) is 37.8 Å². The first-order valence-corrected chi connectivity index (χ1v) is 6.96. The van der Waals surface area contributed by atoms with Gasteiger partial charge in [0.25, 0.3) is 0 Å². The van der Waals surface area contributed by atoms with Gasteiger partial charge < -0.3 is 5.32 Å². The largest absolute Gasteiger partial charge is 0.373 e. The Bertz CT molecular complexity index is 663. The van der Waals surface area contributed by atoms with Crippen molar-refractivity contribution in [3.63, 3.8) is 0 Å². The summed E-state index contributed by atoms with van der Waals surface area (Å²) in [6, 6.07) is 14.1. The molecule has 0 saturated carbocycles. The molecule has 3 aromatic rings. The minimum Gasteiger partial charge on any atom is -0.373 e. The Morgan fingerprint density at radius 1 is 1.00 bits per heavy atom. The lowest BCUT2D eigenvalue weighted by atomic mass is 10.1. The highest BCUT2D eigenvalue weighted by molar-refractivity contribution is 7.08. The van der Waals surface area contributed by atoms with Crippen molar-refractivity contribution >= 4 is 17.2 Å². The standard InChI is InChI=1S/C15H13N3S/c1-16-14-9-13(11-5-3-2-4-6-11)17-15(18-14)12-7-8-19-10-12/h2-10H,1H3,(H,16,17,18). The molecule has 0 aliphatic carbocycles. The van der Waals surface area contributed by atoms with Crippen LogP contribution >= 0.6 is 11.3 Å². The molecular formula is C15H13N3S. The van der Waals surface area contributed by atoms with Crippen molar-refractivity contribution in [2.75, 3.05) is 12.4 Å². The number of aromatic nitrogens is 2. The number of hydrogen-bond donors (Lipinski definition) is 1. The summed E-state index contributed by atoms with van der Waals surface area (Å²) in [4.78, 5) is 9.15. The number of anilines is 1.